The number of pyridine rings is 1. The molecule has 1 aromatic heterocycles. The van der Waals surface area contributed by atoms with Gasteiger partial charge in [0.05, 0.1) is 5.69 Å². The Kier molecular flexibility index (Phi) is 4.75. The van der Waals surface area contributed by atoms with Crippen LogP contribution in [0, 0.1) is 0 Å². The minimum Gasteiger partial charge on any atom is -0.384 e. The number of aliphatic hydroxyl groups is 1. The zero-order valence-corrected chi connectivity index (χ0v) is 12.1. The van der Waals surface area contributed by atoms with E-state index in [9.17, 15) is 9.90 Å². The van der Waals surface area contributed by atoms with Crippen LogP contribution in [0.3, 0.4) is 0 Å². The third-order valence-corrected chi connectivity index (χ3v) is 3.63. The van der Waals surface area contributed by atoms with Crippen LogP contribution in [0.5, 0.6) is 0 Å². The molecule has 5 nitrogen and oxygen atoms in total. The van der Waals surface area contributed by atoms with Crippen molar-refractivity contribution in [2.45, 2.75) is 38.2 Å². The zero-order chi connectivity index (χ0) is 15.3. The molecule has 0 aliphatic heterocycles. The molecule has 1 aliphatic rings. The lowest BCUT2D eigenvalue weighted by molar-refractivity contribution is -0.125. The van der Waals surface area contributed by atoms with Gasteiger partial charge in [-0.25, -0.2) is 9.98 Å². The third kappa shape index (κ3) is 3.49. The maximum Gasteiger partial charge on any atom is 0.160 e. The van der Waals surface area contributed by atoms with Crippen molar-refractivity contribution in [3.05, 3.63) is 41.9 Å². The number of carbonyl (C=O) groups excluding carboxylic acids is 1. The maximum atomic E-state index is 11.3. The maximum absolute atomic E-state index is 11.3. The lowest BCUT2D eigenvalue weighted by Crippen LogP contribution is -2.32. The molecule has 0 spiro atoms. The minimum atomic E-state index is -1.01. The van der Waals surface area contributed by atoms with Crippen molar-refractivity contribution in [3.63, 3.8) is 0 Å². The molecule has 1 N–H and O–H groups in total. The fraction of sp³-hybridized carbons (Fsp3) is 0.375. The first-order valence-corrected chi connectivity index (χ1v) is 6.96. The molecule has 0 amide bonds. The van der Waals surface area contributed by atoms with Gasteiger partial charge in [-0.15, -0.1) is 0 Å². The average Bonchev–Trinajstić information content (AvgIpc) is 2.52. The summed E-state index contributed by atoms with van der Waals surface area (Å²) >= 11 is 0. The van der Waals surface area contributed by atoms with E-state index in [0.717, 1.165) is 5.56 Å². The summed E-state index contributed by atoms with van der Waals surface area (Å²) in [6.07, 6.45) is 6.73. The summed E-state index contributed by atoms with van der Waals surface area (Å²) < 4.78 is 0. The summed E-state index contributed by atoms with van der Waals surface area (Å²) in [5.74, 6) is 0.686. The van der Waals surface area contributed by atoms with Gasteiger partial charge in [0.15, 0.2) is 5.84 Å². The Morgan fingerprint density at radius 2 is 2.14 bits per heavy atom. The highest BCUT2D eigenvalue weighted by Gasteiger charge is 2.35. The van der Waals surface area contributed by atoms with E-state index < -0.39 is 5.60 Å². The lowest BCUT2D eigenvalue weighted by atomic mass is 9.81. The highest BCUT2D eigenvalue weighted by molar-refractivity contribution is 6.01. The number of aliphatic imine (C=N–C) groups is 2. The van der Waals surface area contributed by atoms with Gasteiger partial charge >= 0.3 is 0 Å². The molecule has 1 aliphatic carbocycles. The number of allylic oxidation sites excluding steroid dienone is 1. The fourth-order valence-electron chi connectivity index (χ4n) is 2.35. The molecule has 1 fully saturated rings. The molecule has 1 aromatic rings. The number of hydrogen-bond donors (Lipinski definition) is 1. The van der Waals surface area contributed by atoms with E-state index in [-0.39, 0.29) is 5.78 Å². The first-order valence-electron chi connectivity index (χ1n) is 6.96. The van der Waals surface area contributed by atoms with Gasteiger partial charge in [-0.2, -0.15) is 0 Å². The molecule has 0 aromatic carbocycles. The summed E-state index contributed by atoms with van der Waals surface area (Å²) in [7, 11) is 0. The van der Waals surface area contributed by atoms with E-state index in [0.29, 0.717) is 37.2 Å². The van der Waals surface area contributed by atoms with Crippen molar-refractivity contribution in [1.82, 2.24) is 4.98 Å². The van der Waals surface area contributed by atoms with Gasteiger partial charge in [0.25, 0.3) is 0 Å². The van der Waals surface area contributed by atoms with Crippen molar-refractivity contribution in [3.8, 4) is 0 Å². The van der Waals surface area contributed by atoms with Gasteiger partial charge in [-0.3, -0.25) is 9.78 Å². The van der Waals surface area contributed by atoms with Crippen molar-refractivity contribution in [1.29, 1.82) is 0 Å². The summed E-state index contributed by atoms with van der Waals surface area (Å²) in [5, 5.41) is 10.6. The summed E-state index contributed by atoms with van der Waals surface area (Å²) in [6.45, 7) is 5.36. The largest absolute Gasteiger partial charge is 0.384 e. The van der Waals surface area contributed by atoms with Crippen molar-refractivity contribution >= 4 is 18.3 Å². The number of rotatable bonds is 3. The fourth-order valence-corrected chi connectivity index (χ4v) is 2.35. The molecule has 5 heteroatoms. The third-order valence-electron chi connectivity index (χ3n) is 3.63. The Balaban J connectivity index is 2.22. The van der Waals surface area contributed by atoms with E-state index in [4.69, 9.17) is 0 Å². The molecule has 1 heterocycles. The standard InChI is InChI=1S/C16H19N3O2/c1-3-10-18-15(17-2)12-4-5-14(19-11-12)16(21)8-6-13(20)7-9-16/h3-5,10-11,21H,2,6-9H2,1H3/b10-3-,18-15?. The summed E-state index contributed by atoms with van der Waals surface area (Å²) in [6, 6.07) is 3.58. The molecule has 110 valence electrons. The van der Waals surface area contributed by atoms with Crippen LogP contribution in [-0.4, -0.2) is 28.4 Å². The van der Waals surface area contributed by atoms with Crippen LogP contribution >= 0.6 is 0 Å². The van der Waals surface area contributed by atoms with Crippen LogP contribution in [0.4, 0.5) is 0 Å². The first-order chi connectivity index (χ1) is 10.1. The average molecular weight is 285 g/mol. The van der Waals surface area contributed by atoms with Crippen molar-refractivity contribution < 1.29 is 9.90 Å². The first kappa shape index (κ1) is 15.3. The van der Waals surface area contributed by atoms with Crippen LogP contribution < -0.4 is 0 Å². The summed E-state index contributed by atoms with van der Waals surface area (Å²) in [5.41, 5.74) is 0.324. The molecular weight excluding hydrogens is 266 g/mol. The number of Topliss-reactive ketones (excluding diaryl/α,β-unsaturated/α-hetero) is 1. The van der Waals surface area contributed by atoms with Crippen LogP contribution in [0.1, 0.15) is 43.9 Å². The van der Waals surface area contributed by atoms with Gasteiger partial charge in [-0.05, 0) is 38.6 Å². The van der Waals surface area contributed by atoms with Crippen molar-refractivity contribution in [2.75, 3.05) is 0 Å². The quantitative estimate of drug-likeness (QED) is 0.684. The molecule has 0 unspecified atom stereocenters. The Labute approximate surface area is 124 Å². The number of amidine groups is 1. The molecular formula is C16H19N3O2. The topological polar surface area (TPSA) is 74.9 Å². The van der Waals surface area contributed by atoms with E-state index in [1.165, 1.54) is 0 Å². The van der Waals surface area contributed by atoms with Gasteiger partial charge < -0.3 is 5.11 Å². The number of ketones is 1. The SMILES string of the molecule is C=NC(=N/C=C\C)c1ccc(C2(O)CCC(=O)CC2)nc1. The van der Waals surface area contributed by atoms with Crippen LogP contribution in [0.2, 0.25) is 0 Å². The van der Waals surface area contributed by atoms with Gasteiger partial charge in [0.1, 0.15) is 11.4 Å². The molecule has 21 heavy (non-hydrogen) atoms. The second-order valence-electron chi connectivity index (χ2n) is 5.10. The number of aromatic nitrogens is 1. The molecule has 0 radical (unpaired) electrons. The zero-order valence-electron chi connectivity index (χ0n) is 12.1. The Bertz CT molecular complexity index is 578. The van der Waals surface area contributed by atoms with E-state index >= 15 is 0 Å². The summed E-state index contributed by atoms with van der Waals surface area (Å²) in [4.78, 5) is 23.6. The van der Waals surface area contributed by atoms with Gasteiger partial charge in [0.2, 0.25) is 0 Å². The molecule has 0 atom stereocenters. The lowest BCUT2D eigenvalue weighted by Gasteiger charge is -2.30. The number of hydrogen-bond acceptors (Lipinski definition) is 4. The Morgan fingerprint density at radius 3 is 2.67 bits per heavy atom. The van der Waals surface area contributed by atoms with E-state index in [2.05, 4.69) is 21.7 Å². The smallest absolute Gasteiger partial charge is 0.160 e. The predicted molar refractivity (Wildman–Crippen MR) is 82.5 cm³/mol. The van der Waals surface area contributed by atoms with Crippen molar-refractivity contribution in [2.24, 2.45) is 9.98 Å². The molecule has 0 bridgehead atoms. The van der Waals surface area contributed by atoms with Gasteiger partial charge in [-0.1, -0.05) is 6.08 Å². The van der Waals surface area contributed by atoms with Crippen LogP contribution in [0.15, 0.2) is 40.6 Å². The van der Waals surface area contributed by atoms with Crippen LogP contribution in [-0.2, 0) is 10.4 Å². The normalized spacial score (nSPS) is 19.0. The molecule has 0 saturated heterocycles. The minimum absolute atomic E-state index is 0.202. The molecule has 2 rings (SSSR count). The second kappa shape index (κ2) is 6.54. The Hall–Kier alpha value is -2.14. The van der Waals surface area contributed by atoms with E-state index in [1.54, 1.807) is 24.5 Å². The predicted octanol–water partition coefficient (Wildman–Crippen LogP) is 2.39. The molecule has 1 saturated carbocycles. The highest BCUT2D eigenvalue weighted by atomic mass is 16.3. The van der Waals surface area contributed by atoms with Gasteiger partial charge in [0, 0.05) is 30.8 Å². The highest BCUT2D eigenvalue weighted by Crippen LogP contribution is 2.34. The van der Waals surface area contributed by atoms with E-state index in [1.807, 2.05) is 13.0 Å². The number of nitrogens with zero attached hydrogens (tertiary/aromatic N) is 3. The Morgan fingerprint density at radius 1 is 1.43 bits per heavy atom. The number of carbonyl (C=O) groups is 1. The van der Waals surface area contributed by atoms with Crippen LogP contribution in [0.25, 0.3) is 0 Å². The monoisotopic (exact) mass is 285 g/mol. The second-order valence-corrected chi connectivity index (χ2v) is 5.10.